The van der Waals surface area contributed by atoms with Crippen molar-refractivity contribution < 1.29 is 19.4 Å². The lowest BCUT2D eigenvalue weighted by molar-refractivity contribution is -0.136. The molecule has 0 amide bonds. The highest BCUT2D eigenvalue weighted by Gasteiger charge is 2.37. The lowest BCUT2D eigenvalue weighted by Gasteiger charge is -2.45. The van der Waals surface area contributed by atoms with Gasteiger partial charge in [0.2, 0.25) is 0 Å². The zero-order chi connectivity index (χ0) is 16.8. The maximum absolute atomic E-state index is 10.8. The van der Waals surface area contributed by atoms with E-state index in [4.69, 9.17) is 14.6 Å². The molecule has 6 nitrogen and oxygen atoms in total. The van der Waals surface area contributed by atoms with Crippen molar-refractivity contribution in [2.24, 2.45) is 0 Å². The van der Waals surface area contributed by atoms with Gasteiger partial charge in [-0.05, 0) is 43.6 Å². The van der Waals surface area contributed by atoms with E-state index in [0.717, 1.165) is 63.5 Å². The van der Waals surface area contributed by atoms with Gasteiger partial charge in [-0.3, -0.25) is 9.69 Å². The van der Waals surface area contributed by atoms with E-state index in [-0.39, 0.29) is 12.0 Å². The van der Waals surface area contributed by atoms with Crippen molar-refractivity contribution in [3.8, 4) is 5.75 Å². The predicted molar refractivity (Wildman–Crippen MR) is 90.5 cm³/mol. The molecule has 2 heterocycles. The van der Waals surface area contributed by atoms with Crippen LogP contribution in [0.15, 0.2) is 24.3 Å². The Bertz CT molecular complexity index is 552. The standard InChI is InChI=1S/C18H26N2O4/c21-17(22)13-15-2-1-3-16(12-15)23-10-8-20-9-11-24-18(14-20)4-6-19-7-5-18/h1-3,12,19H,4-11,13-14H2,(H,21,22). The number of carboxylic acid groups (broad SMARTS) is 1. The number of hydrogen-bond donors (Lipinski definition) is 2. The molecule has 0 aromatic heterocycles. The second kappa shape index (κ2) is 7.96. The Morgan fingerprint density at radius 2 is 2.21 bits per heavy atom. The van der Waals surface area contributed by atoms with E-state index in [1.54, 1.807) is 0 Å². The molecule has 1 aromatic rings. The number of nitrogens with zero attached hydrogens (tertiary/aromatic N) is 1. The maximum atomic E-state index is 10.8. The molecule has 0 bridgehead atoms. The highest BCUT2D eigenvalue weighted by Crippen LogP contribution is 2.27. The zero-order valence-electron chi connectivity index (χ0n) is 14.0. The first-order valence-corrected chi connectivity index (χ1v) is 8.66. The van der Waals surface area contributed by atoms with E-state index >= 15 is 0 Å². The highest BCUT2D eigenvalue weighted by molar-refractivity contribution is 5.70. The third-order valence-electron chi connectivity index (χ3n) is 4.77. The fraction of sp³-hybridized carbons (Fsp3) is 0.611. The molecule has 6 heteroatoms. The lowest BCUT2D eigenvalue weighted by atomic mass is 9.90. The number of morpholine rings is 1. The van der Waals surface area contributed by atoms with Crippen LogP contribution in [0, 0.1) is 0 Å². The van der Waals surface area contributed by atoms with Crippen molar-refractivity contribution in [2.45, 2.75) is 24.9 Å². The van der Waals surface area contributed by atoms with Crippen LogP contribution >= 0.6 is 0 Å². The molecule has 0 unspecified atom stereocenters. The molecule has 2 aliphatic heterocycles. The summed E-state index contributed by atoms with van der Waals surface area (Å²) >= 11 is 0. The number of aliphatic carboxylic acids is 1. The molecule has 0 aliphatic carbocycles. The number of carbonyl (C=O) groups is 1. The summed E-state index contributed by atoms with van der Waals surface area (Å²) in [6.07, 6.45) is 2.17. The fourth-order valence-corrected chi connectivity index (χ4v) is 3.51. The van der Waals surface area contributed by atoms with Crippen LogP contribution < -0.4 is 10.1 Å². The van der Waals surface area contributed by atoms with Gasteiger partial charge in [-0.1, -0.05) is 12.1 Å². The molecule has 0 saturated carbocycles. The first kappa shape index (κ1) is 17.2. The van der Waals surface area contributed by atoms with E-state index in [2.05, 4.69) is 10.2 Å². The van der Waals surface area contributed by atoms with Gasteiger partial charge in [0.25, 0.3) is 0 Å². The van der Waals surface area contributed by atoms with E-state index in [9.17, 15) is 4.79 Å². The third-order valence-corrected chi connectivity index (χ3v) is 4.77. The number of nitrogens with one attached hydrogen (secondary N) is 1. The van der Waals surface area contributed by atoms with Crippen LogP contribution in [-0.2, 0) is 16.0 Å². The van der Waals surface area contributed by atoms with Gasteiger partial charge in [-0.15, -0.1) is 0 Å². The molecule has 2 fully saturated rings. The predicted octanol–water partition coefficient (Wildman–Crippen LogP) is 1.15. The van der Waals surface area contributed by atoms with Crippen molar-refractivity contribution in [1.82, 2.24) is 10.2 Å². The van der Waals surface area contributed by atoms with Gasteiger partial charge in [0, 0.05) is 19.6 Å². The smallest absolute Gasteiger partial charge is 0.307 e. The molecule has 2 saturated heterocycles. The molecule has 1 spiro atoms. The number of piperidine rings is 1. The van der Waals surface area contributed by atoms with Gasteiger partial charge < -0.3 is 19.9 Å². The largest absolute Gasteiger partial charge is 0.492 e. The second-order valence-electron chi connectivity index (χ2n) is 6.62. The highest BCUT2D eigenvalue weighted by atomic mass is 16.5. The van der Waals surface area contributed by atoms with Gasteiger partial charge in [0.1, 0.15) is 12.4 Å². The summed E-state index contributed by atoms with van der Waals surface area (Å²) in [4.78, 5) is 13.2. The van der Waals surface area contributed by atoms with Crippen LogP contribution in [0.3, 0.4) is 0 Å². The van der Waals surface area contributed by atoms with Gasteiger partial charge in [-0.2, -0.15) is 0 Å². The summed E-state index contributed by atoms with van der Waals surface area (Å²) in [6.45, 7) is 6.22. The third kappa shape index (κ3) is 4.69. The Morgan fingerprint density at radius 1 is 1.38 bits per heavy atom. The maximum Gasteiger partial charge on any atom is 0.307 e. The van der Waals surface area contributed by atoms with Gasteiger partial charge >= 0.3 is 5.97 Å². The number of benzene rings is 1. The van der Waals surface area contributed by atoms with E-state index in [0.29, 0.717) is 6.61 Å². The molecule has 24 heavy (non-hydrogen) atoms. The Labute approximate surface area is 142 Å². The van der Waals surface area contributed by atoms with Crippen LogP contribution in [0.25, 0.3) is 0 Å². The SMILES string of the molecule is O=C(O)Cc1cccc(OCCN2CCOC3(CCNCC3)C2)c1. The minimum Gasteiger partial charge on any atom is -0.492 e. The summed E-state index contributed by atoms with van der Waals surface area (Å²) in [5.74, 6) is -0.0914. The Kier molecular flexibility index (Phi) is 5.71. The van der Waals surface area contributed by atoms with Crippen LogP contribution in [0.4, 0.5) is 0 Å². The van der Waals surface area contributed by atoms with E-state index < -0.39 is 5.97 Å². The van der Waals surface area contributed by atoms with Crippen LogP contribution in [-0.4, -0.2) is 67.5 Å². The Hall–Kier alpha value is -1.63. The summed E-state index contributed by atoms with van der Waals surface area (Å²) in [6, 6.07) is 7.33. The number of ether oxygens (including phenoxy) is 2. The molecule has 0 radical (unpaired) electrons. The minimum atomic E-state index is -0.826. The minimum absolute atomic E-state index is 0.0188. The normalized spacial score (nSPS) is 20.8. The molecular formula is C18H26N2O4. The monoisotopic (exact) mass is 334 g/mol. The molecular weight excluding hydrogens is 308 g/mol. The lowest BCUT2D eigenvalue weighted by Crippen LogP contribution is -2.56. The molecule has 2 N–H and O–H groups in total. The van der Waals surface area contributed by atoms with Crippen molar-refractivity contribution in [3.63, 3.8) is 0 Å². The summed E-state index contributed by atoms with van der Waals surface area (Å²) in [5, 5.41) is 12.3. The molecule has 2 aliphatic rings. The van der Waals surface area contributed by atoms with Crippen molar-refractivity contribution in [3.05, 3.63) is 29.8 Å². The van der Waals surface area contributed by atoms with Crippen LogP contribution in [0.1, 0.15) is 18.4 Å². The summed E-state index contributed by atoms with van der Waals surface area (Å²) in [5.41, 5.74) is 0.783. The molecule has 0 atom stereocenters. The fourth-order valence-electron chi connectivity index (χ4n) is 3.51. The number of carboxylic acids is 1. The zero-order valence-corrected chi connectivity index (χ0v) is 14.0. The first-order valence-electron chi connectivity index (χ1n) is 8.66. The van der Waals surface area contributed by atoms with Crippen molar-refractivity contribution in [1.29, 1.82) is 0 Å². The van der Waals surface area contributed by atoms with Crippen LogP contribution in [0.2, 0.25) is 0 Å². The topological polar surface area (TPSA) is 71.0 Å². The van der Waals surface area contributed by atoms with E-state index in [1.807, 2.05) is 24.3 Å². The van der Waals surface area contributed by atoms with Gasteiger partial charge in [0.05, 0.1) is 18.6 Å². The summed E-state index contributed by atoms with van der Waals surface area (Å²) < 4.78 is 11.9. The average molecular weight is 334 g/mol. The van der Waals surface area contributed by atoms with Gasteiger partial charge in [0.15, 0.2) is 0 Å². The quantitative estimate of drug-likeness (QED) is 0.813. The van der Waals surface area contributed by atoms with Gasteiger partial charge in [-0.25, -0.2) is 0 Å². The summed E-state index contributed by atoms with van der Waals surface area (Å²) in [7, 11) is 0. The first-order chi connectivity index (χ1) is 11.7. The molecule has 132 valence electrons. The van der Waals surface area contributed by atoms with Crippen molar-refractivity contribution >= 4 is 5.97 Å². The number of rotatable bonds is 6. The van der Waals surface area contributed by atoms with E-state index in [1.165, 1.54) is 0 Å². The molecule has 1 aromatic carbocycles. The average Bonchev–Trinajstić information content (AvgIpc) is 2.55. The Morgan fingerprint density at radius 3 is 3.00 bits per heavy atom. The van der Waals surface area contributed by atoms with Crippen LogP contribution in [0.5, 0.6) is 5.75 Å². The Balaban J connectivity index is 1.46. The van der Waals surface area contributed by atoms with Crippen molar-refractivity contribution in [2.75, 3.05) is 45.9 Å². The molecule has 3 rings (SSSR count). The number of hydrogen-bond acceptors (Lipinski definition) is 5. The second-order valence-corrected chi connectivity index (χ2v) is 6.62.